The Morgan fingerprint density at radius 2 is 1.81 bits per heavy atom. The zero-order valence-corrected chi connectivity index (χ0v) is 12.8. The van der Waals surface area contributed by atoms with Gasteiger partial charge in [0.05, 0.1) is 13.7 Å². The van der Waals surface area contributed by atoms with Crippen molar-refractivity contribution in [3.05, 3.63) is 29.8 Å². The Hall–Kier alpha value is -2.08. The van der Waals surface area contributed by atoms with E-state index in [0.29, 0.717) is 17.9 Å². The molecule has 0 bridgehead atoms. The van der Waals surface area contributed by atoms with E-state index in [1.165, 1.54) is 7.11 Å². The number of hydrogen-bond donors (Lipinski definition) is 2. The highest BCUT2D eigenvalue weighted by molar-refractivity contribution is 5.97. The van der Waals surface area contributed by atoms with Crippen LogP contribution in [-0.2, 0) is 9.63 Å². The van der Waals surface area contributed by atoms with Crippen LogP contribution in [0.25, 0.3) is 0 Å². The van der Waals surface area contributed by atoms with Gasteiger partial charge in [0.1, 0.15) is 11.8 Å². The molecule has 21 heavy (non-hydrogen) atoms. The van der Waals surface area contributed by atoms with Gasteiger partial charge in [-0.2, -0.15) is 0 Å². The molecule has 1 aromatic carbocycles. The van der Waals surface area contributed by atoms with E-state index >= 15 is 0 Å². The fourth-order valence-electron chi connectivity index (χ4n) is 1.79. The Morgan fingerprint density at radius 3 is 2.29 bits per heavy atom. The van der Waals surface area contributed by atoms with Crippen molar-refractivity contribution in [2.75, 3.05) is 13.7 Å². The predicted octanol–water partition coefficient (Wildman–Crippen LogP) is 1.52. The summed E-state index contributed by atoms with van der Waals surface area (Å²) in [6.07, 6.45) is 0. The van der Waals surface area contributed by atoms with Crippen molar-refractivity contribution in [3.8, 4) is 5.75 Å². The van der Waals surface area contributed by atoms with E-state index in [0.717, 1.165) is 0 Å². The molecular weight excluding hydrogens is 272 g/mol. The van der Waals surface area contributed by atoms with Crippen molar-refractivity contribution in [1.82, 2.24) is 10.8 Å². The lowest BCUT2D eigenvalue weighted by Gasteiger charge is -2.21. The van der Waals surface area contributed by atoms with Gasteiger partial charge in [-0.3, -0.25) is 14.4 Å². The fourth-order valence-corrected chi connectivity index (χ4v) is 1.79. The fraction of sp³-hybridized carbons (Fsp3) is 0.467. The highest BCUT2D eigenvalue weighted by Gasteiger charge is 2.24. The molecule has 1 rings (SSSR count). The van der Waals surface area contributed by atoms with Crippen LogP contribution in [-0.4, -0.2) is 31.6 Å². The molecule has 0 spiro atoms. The van der Waals surface area contributed by atoms with Gasteiger partial charge in [-0.1, -0.05) is 13.8 Å². The zero-order valence-electron chi connectivity index (χ0n) is 12.8. The molecule has 0 aliphatic rings. The number of benzene rings is 1. The summed E-state index contributed by atoms with van der Waals surface area (Å²) < 4.78 is 5.32. The number of amides is 2. The molecule has 2 amide bonds. The van der Waals surface area contributed by atoms with Crippen LogP contribution in [0.3, 0.4) is 0 Å². The maximum Gasteiger partial charge on any atom is 0.266 e. The lowest BCUT2D eigenvalue weighted by atomic mass is 10.0. The first-order valence-electron chi connectivity index (χ1n) is 6.86. The van der Waals surface area contributed by atoms with Crippen molar-refractivity contribution in [3.63, 3.8) is 0 Å². The summed E-state index contributed by atoms with van der Waals surface area (Å²) in [5.41, 5.74) is 2.70. The van der Waals surface area contributed by atoms with Crippen LogP contribution in [0.4, 0.5) is 0 Å². The Kier molecular flexibility index (Phi) is 6.68. The first-order valence-corrected chi connectivity index (χ1v) is 6.86. The average Bonchev–Trinajstić information content (AvgIpc) is 2.45. The van der Waals surface area contributed by atoms with Gasteiger partial charge in [0.15, 0.2) is 0 Å². The number of hydrogen-bond acceptors (Lipinski definition) is 4. The molecule has 6 heteroatoms. The van der Waals surface area contributed by atoms with Crippen LogP contribution < -0.4 is 15.5 Å². The largest absolute Gasteiger partial charge is 0.494 e. The van der Waals surface area contributed by atoms with Crippen LogP contribution in [0.5, 0.6) is 5.75 Å². The van der Waals surface area contributed by atoms with Gasteiger partial charge in [0, 0.05) is 5.56 Å². The van der Waals surface area contributed by atoms with E-state index in [-0.39, 0.29) is 17.7 Å². The summed E-state index contributed by atoms with van der Waals surface area (Å²) in [5.74, 6) is -0.0619. The number of carbonyl (C=O) groups excluding carboxylic acids is 2. The van der Waals surface area contributed by atoms with Crippen molar-refractivity contribution in [1.29, 1.82) is 0 Å². The smallest absolute Gasteiger partial charge is 0.266 e. The zero-order chi connectivity index (χ0) is 15.8. The van der Waals surface area contributed by atoms with Crippen molar-refractivity contribution in [2.45, 2.75) is 26.8 Å². The molecular formula is C15H22N2O4. The van der Waals surface area contributed by atoms with Crippen LogP contribution in [0.1, 0.15) is 31.1 Å². The summed E-state index contributed by atoms with van der Waals surface area (Å²) in [7, 11) is 1.35. The molecule has 0 radical (unpaired) electrons. The van der Waals surface area contributed by atoms with Gasteiger partial charge >= 0.3 is 0 Å². The molecule has 0 saturated carbocycles. The first-order chi connectivity index (χ1) is 9.99. The average molecular weight is 294 g/mol. The van der Waals surface area contributed by atoms with Gasteiger partial charge in [-0.25, -0.2) is 5.48 Å². The van der Waals surface area contributed by atoms with Crippen molar-refractivity contribution < 1.29 is 19.2 Å². The summed E-state index contributed by atoms with van der Waals surface area (Å²) in [4.78, 5) is 28.6. The monoisotopic (exact) mass is 294 g/mol. The van der Waals surface area contributed by atoms with Gasteiger partial charge in [-0.15, -0.1) is 0 Å². The number of carbonyl (C=O) groups is 2. The second-order valence-corrected chi connectivity index (χ2v) is 4.82. The Labute approximate surface area is 124 Å². The van der Waals surface area contributed by atoms with E-state index < -0.39 is 6.04 Å². The van der Waals surface area contributed by atoms with Crippen molar-refractivity contribution >= 4 is 11.8 Å². The third kappa shape index (κ3) is 5.07. The van der Waals surface area contributed by atoms with Gasteiger partial charge < -0.3 is 10.1 Å². The minimum absolute atomic E-state index is 0.0632. The Balaban J connectivity index is 2.75. The highest BCUT2D eigenvalue weighted by atomic mass is 16.6. The Morgan fingerprint density at radius 1 is 1.19 bits per heavy atom. The Bertz CT molecular complexity index is 471. The second kappa shape index (κ2) is 8.26. The van der Waals surface area contributed by atoms with E-state index in [1.807, 2.05) is 20.8 Å². The lowest BCUT2D eigenvalue weighted by Crippen LogP contribution is -2.49. The maximum atomic E-state index is 12.2. The second-order valence-electron chi connectivity index (χ2n) is 4.82. The molecule has 0 heterocycles. The SMILES string of the molecule is CCOc1ccc(C(=O)N[C@H](C(=O)NOC)C(C)C)cc1. The number of ether oxygens (including phenoxy) is 1. The molecule has 0 fully saturated rings. The van der Waals surface area contributed by atoms with Crippen molar-refractivity contribution in [2.24, 2.45) is 5.92 Å². The van der Waals surface area contributed by atoms with Crippen LogP contribution in [0.15, 0.2) is 24.3 Å². The molecule has 1 atom stereocenters. The number of hydroxylamine groups is 1. The van der Waals surface area contributed by atoms with Gasteiger partial charge in [0.2, 0.25) is 0 Å². The van der Waals surface area contributed by atoms with E-state index in [9.17, 15) is 9.59 Å². The first kappa shape index (κ1) is 17.0. The molecule has 0 aliphatic heterocycles. The topological polar surface area (TPSA) is 76.7 Å². The standard InChI is InChI=1S/C15H22N2O4/c1-5-21-12-8-6-11(7-9-12)14(18)16-13(10(2)3)15(19)17-20-4/h6-10,13H,5H2,1-4H3,(H,16,18)(H,17,19)/t13-/m0/s1. The maximum absolute atomic E-state index is 12.2. The molecule has 116 valence electrons. The van der Waals surface area contributed by atoms with Gasteiger partial charge in [-0.05, 0) is 37.1 Å². The summed E-state index contributed by atoms with van der Waals surface area (Å²) in [6.45, 7) is 6.15. The minimum atomic E-state index is -0.663. The molecule has 0 aliphatic carbocycles. The number of nitrogens with one attached hydrogen (secondary N) is 2. The van der Waals surface area contributed by atoms with Crippen LogP contribution >= 0.6 is 0 Å². The predicted molar refractivity (Wildman–Crippen MR) is 78.9 cm³/mol. The van der Waals surface area contributed by atoms with Gasteiger partial charge in [0.25, 0.3) is 11.8 Å². The van der Waals surface area contributed by atoms with Crippen LogP contribution in [0, 0.1) is 5.92 Å². The molecule has 6 nitrogen and oxygen atoms in total. The summed E-state index contributed by atoms with van der Waals surface area (Å²) >= 11 is 0. The normalized spacial score (nSPS) is 11.9. The van der Waals surface area contributed by atoms with E-state index in [4.69, 9.17) is 4.74 Å². The summed E-state index contributed by atoms with van der Waals surface area (Å²) in [5, 5.41) is 2.70. The molecule has 0 aromatic heterocycles. The lowest BCUT2D eigenvalue weighted by molar-refractivity contribution is -0.134. The third-order valence-corrected chi connectivity index (χ3v) is 2.87. The highest BCUT2D eigenvalue weighted by Crippen LogP contribution is 2.12. The third-order valence-electron chi connectivity index (χ3n) is 2.87. The van der Waals surface area contributed by atoms with Crippen LogP contribution in [0.2, 0.25) is 0 Å². The molecule has 0 unspecified atom stereocenters. The number of rotatable bonds is 7. The summed E-state index contributed by atoms with van der Waals surface area (Å²) in [6, 6.07) is 6.09. The quantitative estimate of drug-likeness (QED) is 0.748. The minimum Gasteiger partial charge on any atom is -0.494 e. The molecule has 2 N–H and O–H groups in total. The molecule has 0 saturated heterocycles. The van der Waals surface area contributed by atoms with E-state index in [2.05, 4.69) is 15.6 Å². The molecule has 1 aromatic rings. The van der Waals surface area contributed by atoms with E-state index in [1.54, 1.807) is 24.3 Å².